The Morgan fingerprint density at radius 1 is 1.26 bits per heavy atom. The van der Waals surface area contributed by atoms with Crippen LogP contribution in [0.2, 0.25) is 0 Å². The van der Waals surface area contributed by atoms with Gasteiger partial charge in [0, 0.05) is 18.7 Å². The van der Waals surface area contributed by atoms with Gasteiger partial charge in [0.2, 0.25) is 5.91 Å². The Bertz CT molecular complexity index is 1000. The van der Waals surface area contributed by atoms with Crippen LogP contribution in [-0.2, 0) is 11.3 Å². The number of rotatable bonds is 5. The molecule has 0 radical (unpaired) electrons. The number of anilines is 1. The van der Waals surface area contributed by atoms with E-state index in [0.29, 0.717) is 37.0 Å². The lowest BCUT2D eigenvalue weighted by molar-refractivity contribution is -0.124. The minimum Gasteiger partial charge on any atom is -0.366 e. The molecule has 2 aliphatic heterocycles. The Morgan fingerprint density at radius 3 is 2.94 bits per heavy atom. The summed E-state index contributed by atoms with van der Waals surface area (Å²) < 4.78 is 13.4. The van der Waals surface area contributed by atoms with Gasteiger partial charge in [0.15, 0.2) is 0 Å². The number of carbonyl (C=O) groups excluding carboxylic acids is 1. The highest BCUT2D eigenvalue weighted by atomic mass is 35.5. The molecule has 2 aromatic rings. The maximum absolute atomic E-state index is 13.4. The third-order valence-corrected chi connectivity index (χ3v) is 5.75. The summed E-state index contributed by atoms with van der Waals surface area (Å²) in [6.45, 7) is 2.47. The molecule has 6 nitrogen and oxygen atoms in total. The van der Waals surface area contributed by atoms with Gasteiger partial charge >= 0.3 is 0 Å². The predicted octanol–water partition coefficient (Wildman–Crippen LogP) is 3.35. The number of dihydropyridines is 1. The van der Waals surface area contributed by atoms with E-state index in [2.05, 4.69) is 25.9 Å². The molecule has 4 rings (SSSR count). The predicted molar refractivity (Wildman–Crippen MR) is 122 cm³/mol. The van der Waals surface area contributed by atoms with Crippen LogP contribution in [0, 0.1) is 11.7 Å². The van der Waals surface area contributed by atoms with Gasteiger partial charge in [-0.2, -0.15) is 0 Å². The number of aromatic nitrogens is 1. The average molecular weight is 442 g/mol. The van der Waals surface area contributed by atoms with Crippen molar-refractivity contribution in [3.8, 4) is 0 Å². The molecule has 1 saturated heterocycles. The Hall–Kier alpha value is -2.77. The number of nitrogens with zero attached hydrogens (tertiary/aromatic N) is 2. The fourth-order valence-electron chi connectivity index (χ4n) is 3.71. The smallest absolute Gasteiger partial charge is 0.229 e. The average Bonchev–Trinajstić information content (AvgIpc) is 2.80. The van der Waals surface area contributed by atoms with E-state index in [0.717, 1.165) is 30.5 Å². The van der Waals surface area contributed by atoms with Gasteiger partial charge in [0.25, 0.3) is 0 Å². The lowest BCUT2D eigenvalue weighted by atomic mass is 9.98. The molecular formula is C23H25ClFN5O. The number of hydrogen-bond acceptors (Lipinski definition) is 5. The van der Waals surface area contributed by atoms with Gasteiger partial charge in [-0.25, -0.2) is 9.37 Å². The molecule has 162 valence electrons. The largest absolute Gasteiger partial charge is 0.366 e. The van der Waals surface area contributed by atoms with E-state index in [1.54, 1.807) is 12.1 Å². The van der Waals surface area contributed by atoms with Crippen molar-refractivity contribution in [2.24, 2.45) is 10.9 Å². The summed E-state index contributed by atoms with van der Waals surface area (Å²) in [5.41, 5.74) is 2.35. The Balaban J connectivity index is 1.45. The quantitative estimate of drug-likeness (QED) is 0.622. The van der Waals surface area contributed by atoms with E-state index in [-0.39, 0.29) is 23.0 Å². The van der Waals surface area contributed by atoms with Crippen LogP contribution < -0.4 is 16.0 Å². The van der Waals surface area contributed by atoms with Crippen molar-refractivity contribution in [3.05, 3.63) is 65.6 Å². The highest BCUT2D eigenvalue weighted by Crippen LogP contribution is 2.25. The first-order chi connectivity index (χ1) is 15.1. The molecule has 1 aromatic heterocycles. The first-order valence-corrected chi connectivity index (χ1v) is 10.9. The third-order valence-electron chi connectivity index (χ3n) is 5.38. The monoisotopic (exact) mass is 441 g/mol. The van der Waals surface area contributed by atoms with Gasteiger partial charge in [-0.3, -0.25) is 9.79 Å². The molecule has 0 saturated carbocycles. The van der Waals surface area contributed by atoms with E-state index >= 15 is 0 Å². The van der Waals surface area contributed by atoms with Crippen molar-refractivity contribution in [3.63, 3.8) is 0 Å². The fraction of sp³-hybridized carbons (Fsp3) is 0.348. The van der Waals surface area contributed by atoms with Crippen molar-refractivity contribution in [2.75, 3.05) is 25.0 Å². The van der Waals surface area contributed by atoms with Gasteiger partial charge in [0.05, 0.1) is 23.5 Å². The summed E-state index contributed by atoms with van der Waals surface area (Å²) in [5.74, 6) is 0.843. The molecule has 2 atom stereocenters. The normalized spacial score (nSPS) is 21.1. The van der Waals surface area contributed by atoms with E-state index in [1.807, 2.05) is 24.3 Å². The van der Waals surface area contributed by atoms with E-state index in [1.165, 1.54) is 12.1 Å². The summed E-state index contributed by atoms with van der Waals surface area (Å²) in [4.78, 5) is 21.6. The van der Waals surface area contributed by atoms with Crippen LogP contribution in [0.4, 0.5) is 10.2 Å². The van der Waals surface area contributed by atoms with Gasteiger partial charge in [-0.1, -0.05) is 18.2 Å². The Labute approximate surface area is 186 Å². The maximum Gasteiger partial charge on any atom is 0.229 e. The molecule has 0 bridgehead atoms. The van der Waals surface area contributed by atoms with E-state index < -0.39 is 0 Å². The number of halogens is 2. The molecule has 8 heteroatoms. The zero-order valence-electron chi connectivity index (χ0n) is 17.1. The molecule has 0 aliphatic carbocycles. The minimum absolute atomic E-state index is 0.0203. The van der Waals surface area contributed by atoms with Crippen LogP contribution in [0.25, 0.3) is 5.57 Å². The maximum atomic E-state index is 13.4. The molecule has 1 aromatic carbocycles. The first-order valence-electron chi connectivity index (χ1n) is 10.5. The number of nitrogens with one attached hydrogen (secondary N) is 3. The lowest BCUT2D eigenvalue weighted by Crippen LogP contribution is -2.43. The van der Waals surface area contributed by atoms with E-state index in [4.69, 9.17) is 11.6 Å². The molecule has 0 spiro atoms. The van der Waals surface area contributed by atoms with Crippen molar-refractivity contribution in [1.82, 2.24) is 15.6 Å². The number of piperidine rings is 1. The molecule has 1 fully saturated rings. The molecular weight excluding hydrogens is 417 g/mol. The topological polar surface area (TPSA) is 78.4 Å². The van der Waals surface area contributed by atoms with Crippen molar-refractivity contribution in [1.29, 1.82) is 0 Å². The van der Waals surface area contributed by atoms with Crippen molar-refractivity contribution < 1.29 is 9.18 Å². The zero-order chi connectivity index (χ0) is 21.6. The summed E-state index contributed by atoms with van der Waals surface area (Å²) in [6.07, 6.45) is 3.67. The van der Waals surface area contributed by atoms with Crippen LogP contribution in [0.5, 0.6) is 0 Å². The third kappa shape index (κ3) is 5.68. The number of amidine groups is 1. The molecule has 2 aliphatic rings. The highest BCUT2D eigenvalue weighted by molar-refractivity contribution is 6.28. The second kappa shape index (κ2) is 10.0. The molecule has 3 heterocycles. The second-order valence-electron chi connectivity index (χ2n) is 7.72. The van der Waals surface area contributed by atoms with Crippen molar-refractivity contribution in [2.45, 2.75) is 24.8 Å². The van der Waals surface area contributed by atoms with Gasteiger partial charge in [-0.15, -0.1) is 11.6 Å². The summed E-state index contributed by atoms with van der Waals surface area (Å²) in [7, 11) is 0. The lowest BCUT2D eigenvalue weighted by Gasteiger charge is -2.23. The first kappa shape index (κ1) is 21.5. The number of benzene rings is 1. The van der Waals surface area contributed by atoms with Crippen LogP contribution in [0.3, 0.4) is 0 Å². The molecule has 31 heavy (non-hydrogen) atoms. The minimum atomic E-state index is -0.331. The standard InChI is InChI=1S/C23H25ClFN5O/c24-19-14-28-22(30-23(31)16-5-3-9-26-13-16)11-18(19)20-7-2-8-21(29-20)27-12-15-4-1-6-17(25)10-15/h1-2,4,6-8,10-11,16,19,26H,3,5,9,12-14H2,(H,27,29)(H,28,30,31)/t16-,19?/m0/s1. The van der Waals surface area contributed by atoms with Gasteiger partial charge in [0.1, 0.15) is 17.5 Å². The van der Waals surface area contributed by atoms with Crippen LogP contribution >= 0.6 is 11.6 Å². The summed E-state index contributed by atoms with van der Waals surface area (Å²) in [6, 6.07) is 12.1. The number of carbonyl (C=O) groups is 1. The highest BCUT2D eigenvalue weighted by Gasteiger charge is 2.24. The molecule has 1 unspecified atom stereocenters. The van der Waals surface area contributed by atoms with Crippen molar-refractivity contribution >= 4 is 34.7 Å². The van der Waals surface area contributed by atoms with Gasteiger partial charge < -0.3 is 16.0 Å². The SMILES string of the molecule is O=C(NC1=NCC(Cl)C(c2cccc(NCc3cccc(F)c3)n2)=C1)[C@H]1CCCNC1. The number of alkyl halides is 1. The molecule has 3 N–H and O–H groups in total. The number of pyridine rings is 1. The number of amides is 1. The van der Waals surface area contributed by atoms with E-state index in [9.17, 15) is 9.18 Å². The summed E-state index contributed by atoms with van der Waals surface area (Å²) >= 11 is 6.51. The number of aliphatic imine (C=N–C) groups is 1. The van der Waals surface area contributed by atoms with Crippen LogP contribution in [0.15, 0.2) is 53.5 Å². The molecule has 1 amide bonds. The fourth-order valence-corrected chi connectivity index (χ4v) is 3.95. The van der Waals surface area contributed by atoms with Crippen LogP contribution in [-0.4, -0.2) is 41.7 Å². The number of hydrogen-bond donors (Lipinski definition) is 3. The second-order valence-corrected chi connectivity index (χ2v) is 8.24. The summed E-state index contributed by atoms with van der Waals surface area (Å²) in [5, 5.41) is 9.07. The van der Waals surface area contributed by atoms with Crippen LogP contribution in [0.1, 0.15) is 24.1 Å². The zero-order valence-corrected chi connectivity index (χ0v) is 17.8. The Morgan fingerprint density at radius 2 is 2.13 bits per heavy atom. The van der Waals surface area contributed by atoms with Gasteiger partial charge in [-0.05, 0) is 55.3 Å². The Kier molecular flexibility index (Phi) is 6.94.